The molecule has 1 aromatic carbocycles. The van der Waals surface area contributed by atoms with E-state index in [0.717, 1.165) is 30.4 Å². The summed E-state index contributed by atoms with van der Waals surface area (Å²) in [7, 11) is 1.82. The molecule has 0 radical (unpaired) electrons. The number of benzene rings is 1. The number of pyridine rings is 1. The molecule has 0 spiro atoms. The first kappa shape index (κ1) is 24.9. The fourth-order valence-electron chi connectivity index (χ4n) is 4.51. The lowest BCUT2D eigenvalue weighted by atomic mass is 9.84. The number of nitrogens with zero attached hydrogens (tertiary/aromatic N) is 3. The Bertz CT molecular complexity index is 1070. The maximum Gasteiger partial charge on any atom is 0.259 e. The highest BCUT2D eigenvalue weighted by Crippen LogP contribution is 2.30. The second kappa shape index (κ2) is 11.0. The van der Waals surface area contributed by atoms with Crippen LogP contribution in [0.1, 0.15) is 54.6 Å². The van der Waals surface area contributed by atoms with E-state index in [-0.39, 0.29) is 48.3 Å². The minimum absolute atomic E-state index is 0.0582. The van der Waals surface area contributed by atoms with Crippen LogP contribution < -0.4 is 4.74 Å². The van der Waals surface area contributed by atoms with E-state index in [1.165, 1.54) is 0 Å². The molecule has 35 heavy (non-hydrogen) atoms. The molecule has 7 heteroatoms. The third-order valence-corrected chi connectivity index (χ3v) is 7.09. The van der Waals surface area contributed by atoms with Gasteiger partial charge in [0.2, 0.25) is 11.8 Å². The van der Waals surface area contributed by atoms with Gasteiger partial charge in [0.25, 0.3) is 5.91 Å². The summed E-state index contributed by atoms with van der Waals surface area (Å²) < 4.78 is 6.31. The standard InChI is InChI=1S/C28H35N3O4/c1-19-16-31(20(2)18-32)28(34)24-14-22(13-12-21-8-5-4-6-9-21)15-29-26(24)35-25(19)17-30(3)27(33)23-10-7-11-23/h4-6,8-9,12-15,19-20,23,25,32H,7,10-11,16-18H2,1-3H3/b13-12+/t19-,20+,25+/m1/s1. The zero-order valence-electron chi connectivity index (χ0n) is 20.8. The van der Waals surface area contributed by atoms with Crippen molar-refractivity contribution in [1.82, 2.24) is 14.8 Å². The zero-order chi connectivity index (χ0) is 24.9. The van der Waals surface area contributed by atoms with Crippen molar-refractivity contribution in [3.8, 4) is 5.88 Å². The summed E-state index contributed by atoms with van der Waals surface area (Å²) in [4.78, 5) is 34.3. The van der Waals surface area contributed by atoms with Crippen LogP contribution in [0.15, 0.2) is 42.6 Å². The van der Waals surface area contributed by atoms with E-state index < -0.39 is 0 Å². The quantitative estimate of drug-likeness (QED) is 0.657. The third kappa shape index (κ3) is 5.73. The molecule has 1 aromatic heterocycles. The van der Waals surface area contributed by atoms with Crippen molar-refractivity contribution >= 4 is 24.0 Å². The van der Waals surface area contributed by atoms with Crippen molar-refractivity contribution in [2.75, 3.05) is 26.7 Å². The Labute approximate surface area is 207 Å². The summed E-state index contributed by atoms with van der Waals surface area (Å²) in [5.74, 6) is 0.259. The second-order valence-electron chi connectivity index (χ2n) is 9.83. The SMILES string of the molecule is C[C@@H]1CN([C@@H](C)CO)C(=O)c2cc(/C=C/c3ccccc3)cnc2O[C@H]1CN(C)C(=O)C1CCC1. The molecule has 186 valence electrons. The van der Waals surface area contributed by atoms with Crippen LogP contribution in [0.3, 0.4) is 0 Å². The van der Waals surface area contributed by atoms with Crippen LogP contribution in [0.2, 0.25) is 0 Å². The molecule has 0 saturated heterocycles. The first-order valence-corrected chi connectivity index (χ1v) is 12.4. The molecule has 2 heterocycles. The molecule has 2 aliphatic rings. The number of ether oxygens (including phenoxy) is 1. The molecule has 1 fully saturated rings. The number of amides is 2. The molecule has 1 aliphatic heterocycles. The second-order valence-corrected chi connectivity index (χ2v) is 9.83. The van der Waals surface area contributed by atoms with Crippen LogP contribution in [-0.4, -0.2) is 70.6 Å². The van der Waals surface area contributed by atoms with Crippen LogP contribution in [0.4, 0.5) is 0 Å². The molecule has 4 rings (SSSR count). The van der Waals surface area contributed by atoms with Crippen molar-refractivity contribution in [2.45, 2.75) is 45.3 Å². The van der Waals surface area contributed by atoms with Crippen LogP contribution in [-0.2, 0) is 4.79 Å². The third-order valence-electron chi connectivity index (χ3n) is 7.09. The molecular formula is C28H35N3O4. The summed E-state index contributed by atoms with van der Waals surface area (Å²) in [5.41, 5.74) is 2.19. The van der Waals surface area contributed by atoms with E-state index in [1.54, 1.807) is 22.1 Å². The topological polar surface area (TPSA) is 83.0 Å². The van der Waals surface area contributed by atoms with E-state index in [4.69, 9.17) is 4.74 Å². The molecule has 1 aliphatic carbocycles. The minimum Gasteiger partial charge on any atom is -0.472 e. The summed E-state index contributed by atoms with van der Waals surface area (Å²) in [6.45, 7) is 4.54. The minimum atomic E-state index is -0.352. The van der Waals surface area contributed by atoms with Gasteiger partial charge in [0, 0.05) is 31.6 Å². The smallest absolute Gasteiger partial charge is 0.259 e. The predicted octanol–water partition coefficient (Wildman–Crippen LogP) is 3.73. The number of aromatic nitrogens is 1. The highest BCUT2D eigenvalue weighted by atomic mass is 16.5. The van der Waals surface area contributed by atoms with Gasteiger partial charge in [-0.3, -0.25) is 9.59 Å². The Morgan fingerprint density at radius 3 is 2.63 bits per heavy atom. The monoisotopic (exact) mass is 477 g/mol. The number of fused-ring (bicyclic) bond motifs is 1. The fraction of sp³-hybridized carbons (Fsp3) is 0.464. The molecule has 1 N–H and O–H groups in total. The number of hydrogen-bond donors (Lipinski definition) is 1. The summed E-state index contributed by atoms with van der Waals surface area (Å²) in [6, 6.07) is 11.3. The number of likely N-dealkylation sites (N-methyl/N-ethyl adjacent to an activating group) is 1. The van der Waals surface area contributed by atoms with E-state index in [9.17, 15) is 14.7 Å². The van der Waals surface area contributed by atoms with E-state index in [0.29, 0.717) is 18.7 Å². The lowest BCUT2D eigenvalue weighted by molar-refractivity contribution is -0.138. The van der Waals surface area contributed by atoms with Gasteiger partial charge < -0.3 is 19.6 Å². The number of carbonyl (C=O) groups excluding carboxylic acids is 2. The number of aliphatic hydroxyl groups is 1. The Morgan fingerprint density at radius 2 is 1.97 bits per heavy atom. The maximum atomic E-state index is 13.5. The lowest BCUT2D eigenvalue weighted by Crippen LogP contribution is -2.51. The van der Waals surface area contributed by atoms with Crippen molar-refractivity contribution in [1.29, 1.82) is 0 Å². The fourth-order valence-corrected chi connectivity index (χ4v) is 4.51. The van der Waals surface area contributed by atoms with Gasteiger partial charge in [-0.2, -0.15) is 0 Å². The van der Waals surface area contributed by atoms with Gasteiger partial charge in [0.15, 0.2) is 0 Å². The highest BCUT2D eigenvalue weighted by Gasteiger charge is 2.36. The van der Waals surface area contributed by atoms with Crippen LogP contribution in [0.25, 0.3) is 12.2 Å². The average Bonchev–Trinajstić information content (AvgIpc) is 2.84. The number of hydrogen-bond acceptors (Lipinski definition) is 5. The van der Waals surface area contributed by atoms with Crippen LogP contribution in [0.5, 0.6) is 5.88 Å². The van der Waals surface area contributed by atoms with E-state index in [1.807, 2.05) is 63.4 Å². The van der Waals surface area contributed by atoms with Gasteiger partial charge in [-0.15, -0.1) is 0 Å². The van der Waals surface area contributed by atoms with E-state index >= 15 is 0 Å². The molecule has 1 saturated carbocycles. The number of rotatable bonds is 7. The van der Waals surface area contributed by atoms with Crippen molar-refractivity contribution in [3.63, 3.8) is 0 Å². The highest BCUT2D eigenvalue weighted by molar-refractivity contribution is 5.97. The van der Waals surface area contributed by atoms with Gasteiger partial charge in [-0.25, -0.2) is 4.98 Å². The molecule has 2 aromatic rings. The van der Waals surface area contributed by atoms with Gasteiger partial charge >= 0.3 is 0 Å². The molecule has 2 amide bonds. The first-order chi connectivity index (χ1) is 16.9. The normalized spacial score (nSPS) is 21.5. The molecule has 3 atom stereocenters. The molecule has 0 bridgehead atoms. The van der Waals surface area contributed by atoms with Crippen molar-refractivity contribution in [3.05, 3.63) is 59.3 Å². The summed E-state index contributed by atoms with van der Waals surface area (Å²) in [6.07, 6.45) is 8.25. The van der Waals surface area contributed by atoms with Crippen LogP contribution >= 0.6 is 0 Å². The van der Waals surface area contributed by atoms with Crippen molar-refractivity contribution in [2.24, 2.45) is 11.8 Å². The maximum absolute atomic E-state index is 13.5. The molecule has 7 nitrogen and oxygen atoms in total. The largest absolute Gasteiger partial charge is 0.472 e. The van der Waals surface area contributed by atoms with Gasteiger partial charge in [0.05, 0.1) is 19.2 Å². The van der Waals surface area contributed by atoms with Gasteiger partial charge in [-0.05, 0) is 37.0 Å². The average molecular weight is 478 g/mol. The Balaban J connectivity index is 1.63. The molecular weight excluding hydrogens is 442 g/mol. The van der Waals surface area contributed by atoms with Crippen LogP contribution in [0, 0.1) is 11.8 Å². The van der Waals surface area contributed by atoms with Crippen molar-refractivity contribution < 1.29 is 19.4 Å². The van der Waals surface area contributed by atoms with Gasteiger partial charge in [0.1, 0.15) is 11.7 Å². The number of carbonyl (C=O) groups is 2. The Kier molecular flexibility index (Phi) is 7.86. The predicted molar refractivity (Wildman–Crippen MR) is 136 cm³/mol. The molecule has 0 unspecified atom stereocenters. The zero-order valence-corrected chi connectivity index (χ0v) is 20.8. The summed E-state index contributed by atoms with van der Waals surface area (Å²) in [5, 5.41) is 9.84. The first-order valence-electron chi connectivity index (χ1n) is 12.4. The summed E-state index contributed by atoms with van der Waals surface area (Å²) >= 11 is 0. The Morgan fingerprint density at radius 1 is 1.26 bits per heavy atom. The van der Waals surface area contributed by atoms with Gasteiger partial charge in [-0.1, -0.05) is 55.8 Å². The van der Waals surface area contributed by atoms with E-state index in [2.05, 4.69) is 4.98 Å². The lowest BCUT2D eigenvalue weighted by Gasteiger charge is -2.38. The number of aliphatic hydroxyl groups excluding tert-OH is 1. The Hall–Kier alpha value is -3.19.